The summed E-state index contributed by atoms with van der Waals surface area (Å²) in [6.45, 7) is 1.48. The van der Waals surface area contributed by atoms with E-state index in [1.807, 2.05) is 0 Å². The molecule has 35 heavy (non-hydrogen) atoms. The first-order chi connectivity index (χ1) is 16.6. The van der Waals surface area contributed by atoms with Crippen LogP contribution in [0.4, 0.5) is 22.0 Å². The molecule has 4 nitrogen and oxygen atoms in total. The van der Waals surface area contributed by atoms with Crippen molar-refractivity contribution in [1.29, 1.82) is 0 Å². The van der Waals surface area contributed by atoms with Gasteiger partial charge in [0.15, 0.2) is 17.0 Å². The normalized spacial score (nSPS) is 19.9. The Hall–Kier alpha value is -3.62. The average molecular weight is 492 g/mol. The zero-order valence-corrected chi connectivity index (χ0v) is 18.6. The van der Waals surface area contributed by atoms with Gasteiger partial charge in [0.1, 0.15) is 18.1 Å². The monoisotopic (exact) mass is 492 g/mol. The fraction of sp³-hybridized carbons (Fsp3) is 0.269. The number of carbonyl (C=O) groups excluding carboxylic acids is 1. The van der Waals surface area contributed by atoms with Crippen LogP contribution in [-0.4, -0.2) is 24.4 Å². The maximum Gasteiger partial charge on any atom is 0.330 e. The number of para-hydroxylation sites is 1. The molecule has 3 aromatic rings. The van der Waals surface area contributed by atoms with Crippen LogP contribution in [0.5, 0.6) is 17.2 Å². The minimum atomic E-state index is -4.67. The molecule has 0 bridgehead atoms. The third kappa shape index (κ3) is 4.31. The standard InChI is InChI=1S/C26H21F5O4/c1-2-33-19-11-9-18(10-12-19)24(16-25(28,29)26(24,30)31)23(32)34-15-17-8-13-21(27)22(14-17)35-20-6-4-3-5-7-20/h3-14H,2,15-16H2,1H3. The topological polar surface area (TPSA) is 44.8 Å². The fourth-order valence-electron chi connectivity index (χ4n) is 3.97. The SMILES string of the molecule is CCOc1ccc(C2(C(=O)OCc3ccc(F)c(Oc4ccccc4)c3)CC(F)(F)C2(F)F)cc1. The first-order valence-electron chi connectivity index (χ1n) is 10.8. The highest BCUT2D eigenvalue weighted by Gasteiger charge is 2.84. The van der Waals surface area contributed by atoms with Gasteiger partial charge in [-0.2, -0.15) is 17.6 Å². The van der Waals surface area contributed by atoms with Crippen LogP contribution < -0.4 is 9.47 Å². The summed E-state index contributed by atoms with van der Waals surface area (Å²) in [5, 5.41) is 0. The number of carbonyl (C=O) groups is 1. The molecule has 0 amide bonds. The highest BCUT2D eigenvalue weighted by atomic mass is 19.3. The van der Waals surface area contributed by atoms with E-state index in [0.717, 1.165) is 18.2 Å². The third-order valence-corrected chi connectivity index (χ3v) is 5.83. The van der Waals surface area contributed by atoms with E-state index < -0.39 is 42.1 Å². The quantitative estimate of drug-likeness (QED) is 0.260. The number of halogens is 5. The van der Waals surface area contributed by atoms with Crippen molar-refractivity contribution in [3.8, 4) is 17.2 Å². The Morgan fingerprint density at radius 3 is 2.20 bits per heavy atom. The second-order valence-corrected chi connectivity index (χ2v) is 8.07. The van der Waals surface area contributed by atoms with Crippen molar-refractivity contribution in [2.75, 3.05) is 6.61 Å². The minimum absolute atomic E-state index is 0.175. The lowest BCUT2D eigenvalue weighted by atomic mass is 9.58. The Kier molecular flexibility index (Phi) is 6.44. The maximum atomic E-state index is 14.8. The Balaban J connectivity index is 1.56. The maximum absolute atomic E-state index is 14.8. The van der Waals surface area contributed by atoms with Gasteiger partial charge in [0.2, 0.25) is 0 Å². The van der Waals surface area contributed by atoms with Gasteiger partial charge in [-0.3, -0.25) is 4.79 Å². The second kappa shape index (κ2) is 9.20. The molecule has 1 saturated carbocycles. The van der Waals surface area contributed by atoms with Crippen LogP contribution in [0.25, 0.3) is 0 Å². The van der Waals surface area contributed by atoms with E-state index >= 15 is 0 Å². The number of ether oxygens (including phenoxy) is 3. The van der Waals surface area contributed by atoms with E-state index in [4.69, 9.17) is 14.2 Å². The molecular weight excluding hydrogens is 471 g/mol. The zero-order chi connectivity index (χ0) is 25.3. The minimum Gasteiger partial charge on any atom is -0.494 e. The van der Waals surface area contributed by atoms with E-state index in [1.54, 1.807) is 37.3 Å². The van der Waals surface area contributed by atoms with Gasteiger partial charge in [0, 0.05) is 6.42 Å². The van der Waals surface area contributed by atoms with Gasteiger partial charge in [0.25, 0.3) is 0 Å². The van der Waals surface area contributed by atoms with Crippen molar-refractivity contribution in [1.82, 2.24) is 0 Å². The molecule has 184 valence electrons. The highest BCUT2D eigenvalue weighted by Crippen LogP contribution is 2.64. The van der Waals surface area contributed by atoms with E-state index in [2.05, 4.69) is 0 Å². The first-order valence-corrected chi connectivity index (χ1v) is 10.8. The van der Waals surface area contributed by atoms with E-state index in [0.29, 0.717) is 18.1 Å². The van der Waals surface area contributed by atoms with Crippen LogP contribution in [0, 0.1) is 5.82 Å². The van der Waals surface area contributed by atoms with Gasteiger partial charge in [-0.15, -0.1) is 0 Å². The summed E-state index contributed by atoms with van der Waals surface area (Å²) in [6, 6.07) is 16.9. The number of rotatable bonds is 8. The summed E-state index contributed by atoms with van der Waals surface area (Å²) in [4.78, 5) is 12.9. The Labute approximate surface area is 198 Å². The van der Waals surface area contributed by atoms with Crippen LogP contribution in [0.1, 0.15) is 24.5 Å². The van der Waals surface area contributed by atoms with Gasteiger partial charge in [-0.25, -0.2) is 4.39 Å². The smallest absolute Gasteiger partial charge is 0.330 e. The lowest BCUT2D eigenvalue weighted by Gasteiger charge is -2.51. The van der Waals surface area contributed by atoms with Crippen LogP contribution in [0.3, 0.4) is 0 Å². The predicted octanol–water partition coefficient (Wildman–Crippen LogP) is 6.67. The van der Waals surface area contributed by atoms with Gasteiger partial charge < -0.3 is 14.2 Å². The molecular formula is C26H21F5O4. The molecule has 0 radical (unpaired) electrons. The molecule has 1 atom stereocenters. The molecule has 0 N–H and O–H groups in total. The van der Waals surface area contributed by atoms with Gasteiger partial charge in [0.05, 0.1) is 6.61 Å². The number of hydrogen-bond donors (Lipinski definition) is 0. The molecule has 1 aliphatic carbocycles. The summed E-state index contributed by atoms with van der Waals surface area (Å²) < 4.78 is 87.3. The zero-order valence-electron chi connectivity index (χ0n) is 18.6. The molecule has 4 rings (SSSR count). The van der Waals surface area contributed by atoms with Crippen molar-refractivity contribution in [2.45, 2.75) is 37.2 Å². The summed E-state index contributed by atoms with van der Waals surface area (Å²) in [5.41, 5.74) is -2.96. The van der Waals surface area contributed by atoms with E-state index in [1.165, 1.54) is 24.3 Å². The molecule has 0 saturated heterocycles. The fourth-order valence-corrected chi connectivity index (χ4v) is 3.97. The number of esters is 1. The van der Waals surface area contributed by atoms with Crippen molar-refractivity contribution in [3.63, 3.8) is 0 Å². The Bertz CT molecular complexity index is 1200. The molecule has 1 aliphatic rings. The molecule has 0 heterocycles. The number of hydrogen-bond acceptors (Lipinski definition) is 4. The molecule has 0 aliphatic heterocycles. The summed E-state index contributed by atoms with van der Waals surface area (Å²) in [6.07, 6.45) is -1.41. The molecule has 0 aromatic heterocycles. The highest BCUT2D eigenvalue weighted by molar-refractivity contribution is 5.87. The molecule has 0 spiro atoms. The van der Waals surface area contributed by atoms with Crippen LogP contribution in [-0.2, 0) is 21.6 Å². The summed E-state index contributed by atoms with van der Waals surface area (Å²) >= 11 is 0. The van der Waals surface area contributed by atoms with E-state index in [-0.39, 0.29) is 16.9 Å². The molecule has 3 aromatic carbocycles. The first kappa shape index (κ1) is 24.5. The lowest BCUT2D eigenvalue weighted by molar-refractivity contribution is -0.323. The van der Waals surface area contributed by atoms with Gasteiger partial charge in [-0.05, 0) is 54.4 Å². The third-order valence-electron chi connectivity index (χ3n) is 5.83. The average Bonchev–Trinajstić information content (AvgIpc) is 2.84. The molecule has 1 fully saturated rings. The lowest BCUT2D eigenvalue weighted by Crippen LogP contribution is -2.72. The van der Waals surface area contributed by atoms with Crippen molar-refractivity contribution in [2.24, 2.45) is 0 Å². The second-order valence-electron chi connectivity index (χ2n) is 8.07. The van der Waals surface area contributed by atoms with E-state index in [9.17, 15) is 26.7 Å². The Morgan fingerprint density at radius 1 is 0.914 bits per heavy atom. The van der Waals surface area contributed by atoms with Crippen LogP contribution in [0.2, 0.25) is 0 Å². The molecule has 1 unspecified atom stereocenters. The van der Waals surface area contributed by atoms with Gasteiger partial charge in [-0.1, -0.05) is 36.4 Å². The predicted molar refractivity (Wildman–Crippen MR) is 117 cm³/mol. The van der Waals surface area contributed by atoms with Crippen molar-refractivity contribution in [3.05, 3.63) is 89.7 Å². The summed E-state index contributed by atoms with van der Waals surface area (Å²) in [7, 11) is 0. The Morgan fingerprint density at radius 2 is 1.60 bits per heavy atom. The number of alkyl halides is 4. The number of benzene rings is 3. The van der Waals surface area contributed by atoms with Crippen LogP contribution in [0.15, 0.2) is 72.8 Å². The summed E-state index contributed by atoms with van der Waals surface area (Å²) in [5.74, 6) is -10.7. The van der Waals surface area contributed by atoms with Crippen molar-refractivity contribution < 1.29 is 41.0 Å². The molecule has 9 heteroatoms. The van der Waals surface area contributed by atoms with Gasteiger partial charge >= 0.3 is 17.8 Å². The van der Waals surface area contributed by atoms with Crippen molar-refractivity contribution >= 4 is 5.97 Å². The van der Waals surface area contributed by atoms with Crippen LogP contribution >= 0.6 is 0 Å². The largest absolute Gasteiger partial charge is 0.494 e.